The first-order chi connectivity index (χ1) is 11.9. The molecule has 2 N–H and O–H groups in total. The molecule has 0 saturated carbocycles. The van der Waals surface area contributed by atoms with Crippen molar-refractivity contribution < 1.29 is 22.8 Å². The first kappa shape index (κ1) is 24.6. The molecule has 0 heterocycles. The van der Waals surface area contributed by atoms with E-state index in [1.165, 1.54) is 70.3 Å². The molecular formula is C19H38O5S. The molecule has 0 rings (SSSR count). The maximum atomic E-state index is 11.0. The lowest BCUT2D eigenvalue weighted by molar-refractivity contribution is 0.0308. The second-order valence-corrected chi connectivity index (χ2v) is 8.37. The lowest BCUT2D eigenvalue weighted by Gasteiger charge is -2.16. The summed E-state index contributed by atoms with van der Waals surface area (Å²) >= 11 is 0. The van der Waals surface area contributed by atoms with Crippen LogP contribution in [-0.4, -0.2) is 43.7 Å². The van der Waals surface area contributed by atoms with Crippen LogP contribution in [-0.2, 0) is 14.3 Å². The molecule has 0 saturated heterocycles. The third-order valence-electron chi connectivity index (χ3n) is 4.17. The van der Waals surface area contributed by atoms with Gasteiger partial charge in [-0.05, 0) is 12.8 Å². The van der Waals surface area contributed by atoms with Crippen molar-refractivity contribution in [3.8, 4) is 0 Å². The van der Waals surface area contributed by atoms with Crippen LogP contribution < -0.4 is 0 Å². The average Bonchev–Trinajstić information content (AvgIpc) is 2.55. The van der Waals surface area contributed by atoms with E-state index in [0.29, 0.717) is 0 Å². The molecule has 2 atom stereocenters. The Bertz CT molecular complexity index is 420. The maximum absolute atomic E-state index is 11.0. The van der Waals surface area contributed by atoms with Gasteiger partial charge < -0.3 is 10.2 Å². The molecule has 150 valence electrons. The molecular weight excluding hydrogens is 340 g/mol. The predicted octanol–water partition coefficient (Wildman–Crippen LogP) is 3.94. The molecule has 0 aliphatic heterocycles. The molecule has 0 aromatic rings. The zero-order valence-corrected chi connectivity index (χ0v) is 16.8. The van der Waals surface area contributed by atoms with E-state index < -0.39 is 28.9 Å². The van der Waals surface area contributed by atoms with E-state index >= 15 is 0 Å². The number of rotatable bonds is 17. The van der Waals surface area contributed by atoms with E-state index in [-0.39, 0.29) is 0 Å². The molecule has 5 nitrogen and oxygen atoms in total. The largest absolute Gasteiger partial charge is 0.394 e. The van der Waals surface area contributed by atoms with E-state index in [1.807, 2.05) is 6.08 Å². The summed E-state index contributed by atoms with van der Waals surface area (Å²) in [5.41, 5.74) is 0. The van der Waals surface area contributed by atoms with Crippen molar-refractivity contribution in [3.63, 3.8) is 0 Å². The second kappa shape index (κ2) is 15.8. The fourth-order valence-electron chi connectivity index (χ4n) is 2.71. The van der Waals surface area contributed by atoms with Crippen molar-refractivity contribution >= 4 is 10.1 Å². The zero-order valence-electron chi connectivity index (χ0n) is 16.0. The highest BCUT2D eigenvalue weighted by Gasteiger charge is 2.21. The van der Waals surface area contributed by atoms with Crippen molar-refractivity contribution in [1.29, 1.82) is 0 Å². The van der Waals surface area contributed by atoms with Crippen LogP contribution in [0.15, 0.2) is 12.2 Å². The molecule has 6 heteroatoms. The number of allylic oxidation sites excluding steroid dienone is 1. The van der Waals surface area contributed by atoms with Crippen LogP contribution in [0.2, 0.25) is 0 Å². The van der Waals surface area contributed by atoms with Crippen LogP contribution >= 0.6 is 0 Å². The Morgan fingerprint density at radius 3 is 1.84 bits per heavy atom. The van der Waals surface area contributed by atoms with Crippen LogP contribution in [0.4, 0.5) is 0 Å². The van der Waals surface area contributed by atoms with Gasteiger partial charge in [0.25, 0.3) is 10.1 Å². The zero-order chi connectivity index (χ0) is 19.0. The van der Waals surface area contributed by atoms with Gasteiger partial charge in [-0.2, -0.15) is 8.42 Å². The minimum Gasteiger partial charge on any atom is -0.394 e. The van der Waals surface area contributed by atoms with Gasteiger partial charge in [-0.15, -0.1) is 0 Å². The van der Waals surface area contributed by atoms with Crippen LogP contribution in [0, 0.1) is 0 Å². The van der Waals surface area contributed by atoms with Crippen molar-refractivity contribution in [2.24, 2.45) is 0 Å². The Morgan fingerprint density at radius 1 is 0.920 bits per heavy atom. The number of aliphatic hydroxyl groups excluding tert-OH is 2. The molecule has 0 spiro atoms. The summed E-state index contributed by atoms with van der Waals surface area (Å²) in [6.45, 7) is 1.70. The van der Waals surface area contributed by atoms with Gasteiger partial charge in [-0.25, -0.2) is 0 Å². The van der Waals surface area contributed by atoms with Crippen LogP contribution in [0.5, 0.6) is 0 Å². The van der Waals surface area contributed by atoms with Gasteiger partial charge in [0.2, 0.25) is 0 Å². The van der Waals surface area contributed by atoms with Crippen LogP contribution in [0.1, 0.15) is 84.0 Å². The monoisotopic (exact) mass is 378 g/mol. The SMILES string of the molecule is CCCCCCCCCCCCCC=C[C@H](O)[C@@H](CO)OS(C)(=O)=O. The van der Waals surface area contributed by atoms with E-state index in [4.69, 9.17) is 5.11 Å². The first-order valence-corrected chi connectivity index (χ1v) is 11.6. The third-order valence-corrected chi connectivity index (χ3v) is 4.76. The minimum absolute atomic E-state index is 0.545. The van der Waals surface area contributed by atoms with E-state index in [2.05, 4.69) is 11.1 Å². The standard InChI is InChI=1S/C19H38O5S/c1-3-4-5-6-7-8-9-10-11-12-13-14-15-16-18(21)19(17-20)24-25(2,22)23/h15-16,18-21H,3-14,17H2,1-2H3/t18-,19+/m0/s1. The molecule has 0 aliphatic rings. The number of hydrogen-bond acceptors (Lipinski definition) is 5. The fourth-order valence-corrected chi connectivity index (χ4v) is 3.33. The van der Waals surface area contributed by atoms with Gasteiger partial charge in [0, 0.05) is 0 Å². The summed E-state index contributed by atoms with van der Waals surface area (Å²) in [5, 5.41) is 18.9. The van der Waals surface area contributed by atoms with Crippen LogP contribution in [0.3, 0.4) is 0 Å². The minimum atomic E-state index is -3.69. The third kappa shape index (κ3) is 16.8. The molecule has 0 aliphatic carbocycles. The molecule has 0 amide bonds. The summed E-state index contributed by atoms with van der Waals surface area (Å²) in [4.78, 5) is 0. The van der Waals surface area contributed by atoms with Gasteiger partial charge >= 0.3 is 0 Å². The summed E-state index contributed by atoms with van der Waals surface area (Å²) in [5.74, 6) is 0. The summed E-state index contributed by atoms with van der Waals surface area (Å²) in [7, 11) is -3.69. The average molecular weight is 379 g/mol. The van der Waals surface area contributed by atoms with Crippen molar-refractivity contribution in [3.05, 3.63) is 12.2 Å². The lowest BCUT2D eigenvalue weighted by atomic mass is 10.1. The normalized spacial score (nSPS) is 14.9. The highest BCUT2D eigenvalue weighted by Crippen LogP contribution is 2.12. The lowest BCUT2D eigenvalue weighted by Crippen LogP contribution is -2.32. The van der Waals surface area contributed by atoms with Gasteiger partial charge in [-0.1, -0.05) is 83.3 Å². The number of unbranched alkanes of at least 4 members (excludes halogenated alkanes) is 11. The summed E-state index contributed by atoms with van der Waals surface area (Å²) in [6.07, 6.45) is 17.0. The molecule has 0 unspecified atom stereocenters. The highest BCUT2D eigenvalue weighted by molar-refractivity contribution is 7.86. The maximum Gasteiger partial charge on any atom is 0.264 e. The Kier molecular flexibility index (Phi) is 15.5. The number of hydrogen-bond donors (Lipinski definition) is 2. The predicted molar refractivity (Wildman–Crippen MR) is 103 cm³/mol. The Morgan fingerprint density at radius 2 is 1.40 bits per heavy atom. The molecule has 0 aromatic carbocycles. The smallest absolute Gasteiger partial charge is 0.264 e. The van der Waals surface area contributed by atoms with Gasteiger partial charge in [-0.3, -0.25) is 4.18 Å². The summed E-state index contributed by atoms with van der Waals surface area (Å²) < 4.78 is 26.7. The Labute approximate surface area is 154 Å². The second-order valence-electron chi connectivity index (χ2n) is 6.76. The van der Waals surface area contributed by atoms with E-state index in [0.717, 1.165) is 19.1 Å². The van der Waals surface area contributed by atoms with E-state index in [9.17, 15) is 13.5 Å². The van der Waals surface area contributed by atoms with Crippen molar-refractivity contribution in [2.75, 3.05) is 12.9 Å². The van der Waals surface area contributed by atoms with Crippen molar-refractivity contribution in [1.82, 2.24) is 0 Å². The Balaban J connectivity index is 3.59. The van der Waals surface area contributed by atoms with Gasteiger partial charge in [0.15, 0.2) is 0 Å². The van der Waals surface area contributed by atoms with Crippen LogP contribution in [0.25, 0.3) is 0 Å². The molecule has 0 bridgehead atoms. The van der Waals surface area contributed by atoms with Crippen molar-refractivity contribution in [2.45, 2.75) is 96.2 Å². The molecule has 0 radical (unpaired) electrons. The summed E-state index contributed by atoms with van der Waals surface area (Å²) in [6, 6.07) is 0. The highest BCUT2D eigenvalue weighted by atomic mass is 32.2. The van der Waals surface area contributed by atoms with Gasteiger partial charge in [0.05, 0.1) is 12.9 Å². The molecule has 0 fully saturated rings. The molecule has 0 aromatic heterocycles. The first-order valence-electron chi connectivity index (χ1n) is 9.74. The Hall–Kier alpha value is -0.430. The van der Waals surface area contributed by atoms with Gasteiger partial charge in [0.1, 0.15) is 12.2 Å². The van der Waals surface area contributed by atoms with E-state index in [1.54, 1.807) is 0 Å². The molecule has 25 heavy (non-hydrogen) atoms. The topological polar surface area (TPSA) is 83.8 Å². The fraction of sp³-hybridized carbons (Fsp3) is 0.895. The number of aliphatic hydroxyl groups is 2. The quantitative estimate of drug-likeness (QED) is 0.227.